The lowest BCUT2D eigenvalue weighted by Gasteiger charge is -2.07. The van der Waals surface area contributed by atoms with Gasteiger partial charge in [-0.15, -0.1) is 0 Å². The summed E-state index contributed by atoms with van der Waals surface area (Å²) in [5.74, 6) is -0.0311. The van der Waals surface area contributed by atoms with Crippen LogP contribution in [0.25, 0.3) is 21.9 Å². The zero-order valence-electron chi connectivity index (χ0n) is 13.8. The second-order valence-electron chi connectivity index (χ2n) is 6.07. The molecule has 5 heteroatoms. The molecule has 0 bridgehead atoms. The van der Waals surface area contributed by atoms with E-state index in [2.05, 4.69) is 39.4 Å². The SMILES string of the molecule is O=C(Cc1noc2ccccc12)NCCCn1ccc2ccccc21. The van der Waals surface area contributed by atoms with Crippen LogP contribution in [0.5, 0.6) is 0 Å². The molecule has 4 aromatic rings. The topological polar surface area (TPSA) is 60.1 Å². The fraction of sp³-hybridized carbons (Fsp3) is 0.200. The molecule has 0 saturated heterocycles. The van der Waals surface area contributed by atoms with Crippen LogP contribution in [-0.4, -0.2) is 22.2 Å². The Hall–Kier alpha value is -3.08. The average molecular weight is 333 g/mol. The number of para-hydroxylation sites is 2. The van der Waals surface area contributed by atoms with Crippen LogP contribution in [0, 0.1) is 0 Å². The molecular formula is C20H19N3O2. The predicted octanol–water partition coefficient (Wildman–Crippen LogP) is 3.53. The smallest absolute Gasteiger partial charge is 0.226 e. The van der Waals surface area contributed by atoms with Gasteiger partial charge in [0.2, 0.25) is 5.91 Å². The van der Waals surface area contributed by atoms with Crippen molar-refractivity contribution in [1.29, 1.82) is 0 Å². The van der Waals surface area contributed by atoms with Gasteiger partial charge in [-0.2, -0.15) is 0 Å². The number of nitrogens with zero attached hydrogens (tertiary/aromatic N) is 2. The van der Waals surface area contributed by atoms with Crippen molar-refractivity contribution in [3.63, 3.8) is 0 Å². The van der Waals surface area contributed by atoms with Crippen LogP contribution in [0.15, 0.2) is 65.3 Å². The van der Waals surface area contributed by atoms with Gasteiger partial charge >= 0.3 is 0 Å². The lowest BCUT2D eigenvalue weighted by Crippen LogP contribution is -2.26. The minimum Gasteiger partial charge on any atom is -0.356 e. The number of rotatable bonds is 6. The summed E-state index contributed by atoms with van der Waals surface area (Å²) in [6.07, 6.45) is 3.21. The summed E-state index contributed by atoms with van der Waals surface area (Å²) < 4.78 is 7.45. The van der Waals surface area contributed by atoms with Crippen molar-refractivity contribution in [3.8, 4) is 0 Å². The van der Waals surface area contributed by atoms with Crippen molar-refractivity contribution in [2.24, 2.45) is 0 Å². The van der Waals surface area contributed by atoms with E-state index < -0.39 is 0 Å². The second kappa shape index (κ2) is 6.81. The van der Waals surface area contributed by atoms with Crippen LogP contribution in [-0.2, 0) is 17.8 Å². The molecule has 0 aliphatic rings. The first-order valence-corrected chi connectivity index (χ1v) is 8.45. The molecule has 0 atom stereocenters. The highest BCUT2D eigenvalue weighted by molar-refractivity contribution is 5.86. The molecule has 126 valence electrons. The molecule has 0 aliphatic carbocycles. The molecule has 25 heavy (non-hydrogen) atoms. The molecule has 0 saturated carbocycles. The highest BCUT2D eigenvalue weighted by Crippen LogP contribution is 2.18. The van der Waals surface area contributed by atoms with Crippen molar-refractivity contribution in [2.45, 2.75) is 19.4 Å². The Morgan fingerprint density at radius 1 is 1.08 bits per heavy atom. The highest BCUT2D eigenvalue weighted by Gasteiger charge is 2.11. The monoisotopic (exact) mass is 333 g/mol. The van der Waals surface area contributed by atoms with Crippen molar-refractivity contribution < 1.29 is 9.32 Å². The molecule has 0 fully saturated rings. The molecule has 2 heterocycles. The van der Waals surface area contributed by atoms with E-state index in [1.807, 2.05) is 36.4 Å². The van der Waals surface area contributed by atoms with Crippen LogP contribution in [0.4, 0.5) is 0 Å². The van der Waals surface area contributed by atoms with Gasteiger partial charge in [-0.05, 0) is 36.1 Å². The molecule has 1 N–H and O–H groups in total. The zero-order chi connectivity index (χ0) is 17.1. The van der Waals surface area contributed by atoms with Gasteiger partial charge in [0.15, 0.2) is 5.58 Å². The van der Waals surface area contributed by atoms with E-state index >= 15 is 0 Å². The first-order chi connectivity index (χ1) is 12.3. The molecular weight excluding hydrogens is 314 g/mol. The first kappa shape index (κ1) is 15.4. The summed E-state index contributed by atoms with van der Waals surface area (Å²) in [5, 5.41) is 9.10. The van der Waals surface area contributed by atoms with E-state index in [0.717, 1.165) is 18.4 Å². The van der Waals surface area contributed by atoms with Crippen molar-refractivity contribution >= 4 is 27.8 Å². The van der Waals surface area contributed by atoms with E-state index in [9.17, 15) is 4.79 Å². The largest absolute Gasteiger partial charge is 0.356 e. The fourth-order valence-corrected chi connectivity index (χ4v) is 3.09. The zero-order valence-corrected chi connectivity index (χ0v) is 13.8. The van der Waals surface area contributed by atoms with Crippen LogP contribution >= 0.6 is 0 Å². The fourth-order valence-electron chi connectivity index (χ4n) is 3.09. The van der Waals surface area contributed by atoms with Crippen molar-refractivity contribution in [2.75, 3.05) is 6.54 Å². The number of hydrogen-bond donors (Lipinski definition) is 1. The van der Waals surface area contributed by atoms with E-state index in [1.54, 1.807) is 0 Å². The van der Waals surface area contributed by atoms with Crippen LogP contribution < -0.4 is 5.32 Å². The van der Waals surface area contributed by atoms with E-state index in [0.29, 0.717) is 17.8 Å². The normalized spacial score (nSPS) is 11.2. The molecule has 4 rings (SSSR count). The third-order valence-electron chi connectivity index (χ3n) is 4.36. The van der Waals surface area contributed by atoms with Crippen LogP contribution in [0.2, 0.25) is 0 Å². The van der Waals surface area contributed by atoms with Crippen molar-refractivity contribution in [1.82, 2.24) is 15.0 Å². The number of fused-ring (bicyclic) bond motifs is 2. The maximum absolute atomic E-state index is 12.1. The minimum atomic E-state index is -0.0311. The van der Waals surface area contributed by atoms with Crippen LogP contribution in [0.1, 0.15) is 12.1 Å². The van der Waals surface area contributed by atoms with E-state index in [1.165, 1.54) is 10.9 Å². The predicted molar refractivity (Wildman–Crippen MR) is 97.3 cm³/mol. The second-order valence-corrected chi connectivity index (χ2v) is 6.07. The number of benzene rings is 2. The number of hydrogen-bond acceptors (Lipinski definition) is 3. The summed E-state index contributed by atoms with van der Waals surface area (Å²) in [7, 11) is 0. The molecule has 5 nitrogen and oxygen atoms in total. The Labute approximate surface area is 145 Å². The van der Waals surface area contributed by atoms with Gasteiger partial charge < -0.3 is 14.4 Å². The number of aromatic nitrogens is 2. The maximum atomic E-state index is 12.1. The lowest BCUT2D eigenvalue weighted by atomic mass is 10.1. The summed E-state index contributed by atoms with van der Waals surface area (Å²) in [5.41, 5.74) is 2.62. The highest BCUT2D eigenvalue weighted by atomic mass is 16.5. The van der Waals surface area contributed by atoms with Crippen molar-refractivity contribution in [3.05, 3.63) is 66.5 Å². The number of carbonyl (C=O) groups is 1. The Bertz CT molecular complexity index is 1020. The molecule has 0 radical (unpaired) electrons. The molecule has 0 unspecified atom stereocenters. The van der Waals surface area contributed by atoms with Gasteiger partial charge in [0, 0.05) is 30.2 Å². The standard InChI is InChI=1S/C20H19N3O2/c24-20(14-17-16-7-2-4-9-19(16)25-22-17)21-11-5-12-23-13-10-15-6-1-3-8-18(15)23/h1-4,6-10,13H,5,11-12,14H2,(H,21,24). The quantitative estimate of drug-likeness (QED) is 0.549. The third kappa shape index (κ3) is 3.26. The number of amides is 1. The average Bonchev–Trinajstić information content (AvgIpc) is 3.24. The summed E-state index contributed by atoms with van der Waals surface area (Å²) in [6, 6.07) is 18.0. The van der Waals surface area contributed by atoms with Gasteiger partial charge in [-0.3, -0.25) is 4.79 Å². The Morgan fingerprint density at radius 3 is 2.88 bits per heavy atom. The van der Waals surface area contributed by atoms with Gasteiger partial charge in [0.05, 0.1) is 6.42 Å². The Balaban J connectivity index is 1.29. The van der Waals surface area contributed by atoms with Gasteiger partial charge in [0.1, 0.15) is 5.69 Å². The Kier molecular flexibility index (Phi) is 4.21. The minimum absolute atomic E-state index is 0.0311. The number of nitrogens with one attached hydrogen (secondary N) is 1. The lowest BCUT2D eigenvalue weighted by molar-refractivity contribution is -0.120. The first-order valence-electron chi connectivity index (χ1n) is 8.45. The molecule has 1 amide bonds. The van der Waals surface area contributed by atoms with E-state index in [4.69, 9.17) is 4.52 Å². The molecule has 0 spiro atoms. The summed E-state index contributed by atoms with van der Waals surface area (Å²) in [4.78, 5) is 12.1. The maximum Gasteiger partial charge on any atom is 0.226 e. The molecule has 2 aromatic heterocycles. The number of aryl methyl sites for hydroxylation is 1. The number of carbonyl (C=O) groups excluding carboxylic acids is 1. The van der Waals surface area contributed by atoms with Crippen LogP contribution in [0.3, 0.4) is 0 Å². The van der Waals surface area contributed by atoms with Gasteiger partial charge in [0.25, 0.3) is 0 Å². The summed E-state index contributed by atoms with van der Waals surface area (Å²) >= 11 is 0. The third-order valence-corrected chi connectivity index (χ3v) is 4.36. The Morgan fingerprint density at radius 2 is 1.92 bits per heavy atom. The molecule has 2 aromatic carbocycles. The molecule has 0 aliphatic heterocycles. The summed E-state index contributed by atoms with van der Waals surface area (Å²) in [6.45, 7) is 1.52. The van der Waals surface area contributed by atoms with Gasteiger partial charge in [-0.25, -0.2) is 0 Å². The van der Waals surface area contributed by atoms with Gasteiger partial charge in [-0.1, -0.05) is 35.5 Å². The van der Waals surface area contributed by atoms with E-state index in [-0.39, 0.29) is 12.3 Å².